The van der Waals surface area contributed by atoms with Crippen LogP contribution in [-0.2, 0) is 0 Å². The van der Waals surface area contributed by atoms with Gasteiger partial charge in [-0.2, -0.15) is 0 Å². The average Bonchev–Trinajstić information content (AvgIpc) is 2.67. The van der Waals surface area contributed by atoms with Gasteiger partial charge in [-0.05, 0) is 83.9 Å². The normalized spacial score (nSPS) is 55.7. The van der Waals surface area contributed by atoms with Crippen molar-refractivity contribution in [3.05, 3.63) is 23.8 Å². The quantitative estimate of drug-likeness (QED) is 0.402. The highest BCUT2D eigenvalue weighted by molar-refractivity contribution is 5.37. The molecule has 2 N–H and O–H groups in total. The highest BCUT2D eigenvalue weighted by Gasteiger charge is 2.69. The van der Waals surface area contributed by atoms with Crippen LogP contribution in [0.15, 0.2) is 23.8 Å². The molecule has 3 fully saturated rings. The lowest BCUT2D eigenvalue weighted by Gasteiger charge is -2.71. The molecule has 180 valence electrons. The van der Waals surface area contributed by atoms with Gasteiger partial charge in [0.25, 0.3) is 0 Å². The summed E-state index contributed by atoms with van der Waals surface area (Å²) in [5.74, 6) is 1.53. The molecule has 0 bridgehead atoms. The van der Waals surface area contributed by atoms with Crippen molar-refractivity contribution >= 4 is 0 Å². The molecule has 0 unspecified atom stereocenters. The van der Waals surface area contributed by atoms with Crippen LogP contribution in [0.25, 0.3) is 0 Å². The van der Waals surface area contributed by atoms with Crippen LogP contribution in [0.5, 0.6) is 0 Å². The number of hydrogen-bond acceptors (Lipinski definition) is 2. The van der Waals surface area contributed by atoms with Gasteiger partial charge in [-0.15, -0.1) is 0 Å². The lowest BCUT2D eigenvalue weighted by molar-refractivity contribution is -0.190. The van der Waals surface area contributed by atoms with E-state index < -0.39 is 0 Å². The smallest absolute Gasteiger partial charge is 0.0667 e. The summed E-state index contributed by atoms with van der Waals surface area (Å²) < 4.78 is 0. The number of aliphatic hydroxyl groups excluding tert-OH is 2. The van der Waals surface area contributed by atoms with Crippen LogP contribution in [0.4, 0.5) is 0 Å². The Bertz CT molecular complexity index is 866. The van der Waals surface area contributed by atoms with E-state index in [1.807, 2.05) is 0 Å². The first-order valence-corrected chi connectivity index (χ1v) is 13.4. The molecule has 0 heterocycles. The number of hydrogen-bond donors (Lipinski definition) is 2. The number of aliphatic hydroxyl groups is 2. The Labute approximate surface area is 197 Å². The predicted molar refractivity (Wildman–Crippen MR) is 132 cm³/mol. The molecule has 3 saturated carbocycles. The number of rotatable bonds is 0. The Morgan fingerprint density at radius 1 is 0.812 bits per heavy atom. The van der Waals surface area contributed by atoms with E-state index in [-0.39, 0.29) is 50.6 Å². The van der Waals surface area contributed by atoms with E-state index in [2.05, 4.69) is 73.6 Å². The third kappa shape index (κ3) is 2.72. The van der Waals surface area contributed by atoms with Crippen molar-refractivity contribution in [3.8, 4) is 0 Å². The van der Waals surface area contributed by atoms with Crippen molar-refractivity contribution in [1.82, 2.24) is 0 Å². The highest BCUT2D eigenvalue weighted by Crippen LogP contribution is 2.75. The highest BCUT2D eigenvalue weighted by atomic mass is 16.3. The number of allylic oxidation sites excluding steroid dienone is 3. The predicted octanol–water partition coefficient (Wildman–Crippen LogP) is 6.92. The van der Waals surface area contributed by atoms with E-state index >= 15 is 0 Å². The molecule has 2 nitrogen and oxygen atoms in total. The molecule has 32 heavy (non-hydrogen) atoms. The average molecular weight is 441 g/mol. The Kier molecular flexibility index (Phi) is 4.73. The maximum Gasteiger partial charge on any atom is 0.0667 e. The topological polar surface area (TPSA) is 40.5 Å². The third-order valence-corrected chi connectivity index (χ3v) is 12.3. The van der Waals surface area contributed by atoms with E-state index in [1.165, 1.54) is 19.3 Å². The van der Waals surface area contributed by atoms with Crippen LogP contribution in [0.2, 0.25) is 0 Å². The fraction of sp³-hybridized carbons (Fsp3) is 0.867. The van der Waals surface area contributed by atoms with Gasteiger partial charge < -0.3 is 10.2 Å². The minimum atomic E-state index is -0.307. The molecule has 5 rings (SSSR count). The van der Waals surface area contributed by atoms with Gasteiger partial charge in [-0.25, -0.2) is 0 Å². The Morgan fingerprint density at radius 3 is 2.19 bits per heavy atom. The second-order valence-electron chi connectivity index (χ2n) is 14.9. The van der Waals surface area contributed by atoms with Gasteiger partial charge in [0.1, 0.15) is 0 Å². The minimum Gasteiger partial charge on any atom is -0.393 e. The standard InChI is InChI=1S/C30H48O2/c1-25(2)11-12-27(5)13-15-29(7)22-10-9-20-21(17-19(31)18-26(20,3)4)28(22,6)14-16-30(29,8)23(27)24(25)32/h10-12,19-21,23-24,31-32H,9,13-18H2,1-8H3/t19-,20+,21+,23+,24-,27+,28-,29+,30-/m0/s1. The first kappa shape index (κ1) is 23.2. The molecule has 0 spiro atoms. The summed E-state index contributed by atoms with van der Waals surface area (Å²) >= 11 is 0. The minimum absolute atomic E-state index is 0.0811. The summed E-state index contributed by atoms with van der Waals surface area (Å²) in [6, 6.07) is 0. The van der Waals surface area contributed by atoms with Crippen LogP contribution >= 0.6 is 0 Å². The first-order valence-electron chi connectivity index (χ1n) is 13.4. The molecule has 0 amide bonds. The van der Waals surface area contributed by atoms with E-state index in [1.54, 1.807) is 5.57 Å². The Balaban J connectivity index is 1.62. The van der Waals surface area contributed by atoms with E-state index in [0.29, 0.717) is 11.8 Å². The molecule has 0 aliphatic heterocycles. The van der Waals surface area contributed by atoms with Gasteiger partial charge in [-0.3, -0.25) is 0 Å². The second kappa shape index (κ2) is 6.54. The lowest BCUT2D eigenvalue weighted by Crippen LogP contribution is -2.66. The fourth-order valence-electron chi connectivity index (χ4n) is 10.1. The van der Waals surface area contributed by atoms with Gasteiger partial charge in [0.05, 0.1) is 12.2 Å². The summed E-state index contributed by atoms with van der Waals surface area (Å²) in [5, 5.41) is 22.6. The molecule has 2 heteroatoms. The van der Waals surface area contributed by atoms with Crippen LogP contribution in [0, 0.1) is 50.2 Å². The van der Waals surface area contributed by atoms with E-state index in [9.17, 15) is 10.2 Å². The van der Waals surface area contributed by atoms with Crippen molar-refractivity contribution in [1.29, 1.82) is 0 Å². The van der Waals surface area contributed by atoms with Crippen molar-refractivity contribution in [3.63, 3.8) is 0 Å². The molecule has 0 radical (unpaired) electrons. The fourth-order valence-corrected chi connectivity index (χ4v) is 10.1. The van der Waals surface area contributed by atoms with Gasteiger partial charge >= 0.3 is 0 Å². The molecule has 9 atom stereocenters. The SMILES string of the molecule is CC1(C)C=C[C@]2(C)CC[C@]3(C)C4=CC[C@@H]5[C@@H](C[C@H](O)CC5(C)C)[C@]4(C)CC[C@@]3(C)[C@@H]2[C@@H]1O. The maximum atomic E-state index is 11.8. The Hall–Kier alpha value is -0.600. The number of fused-ring (bicyclic) bond motifs is 7. The zero-order chi connectivity index (χ0) is 23.5. The largest absolute Gasteiger partial charge is 0.393 e. The van der Waals surface area contributed by atoms with Crippen LogP contribution in [-0.4, -0.2) is 22.4 Å². The molecular formula is C30H48O2. The molecule has 5 aliphatic carbocycles. The van der Waals surface area contributed by atoms with Crippen LogP contribution in [0.1, 0.15) is 100 Å². The van der Waals surface area contributed by atoms with Gasteiger partial charge in [-0.1, -0.05) is 79.2 Å². The zero-order valence-electron chi connectivity index (χ0n) is 22.0. The van der Waals surface area contributed by atoms with Crippen molar-refractivity contribution < 1.29 is 10.2 Å². The molecule has 0 aromatic heterocycles. The maximum absolute atomic E-state index is 11.8. The molecular weight excluding hydrogens is 392 g/mol. The van der Waals surface area contributed by atoms with Gasteiger partial charge in [0.2, 0.25) is 0 Å². The van der Waals surface area contributed by atoms with Crippen LogP contribution in [0.3, 0.4) is 0 Å². The molecule has 0 aromatic carbocycles. The van der Waals surface area contributed by atoms with Crippen LogP contribution < -0.4 is 0 Å². The Morgan fingerprint density at radius 2 is 1.50 bits per heavy atom. The summed E-state index contributed by atoms with van der Waals surface area (Å²) in [5.41, 5.74) is 2.18. The first-order chi connectivity index (χ1) is 14.6. The second-order valence-corrected chi connectivity index (χ2v) is 14.9. The van der Waals surface area contributed by atoms with E-state index in [4.69, 9.17) is 0 Å². The summed E-state index contributed by atoms with van der Waals surface area (Å²) in [6.45, 7) is 19.3. The van der Waals surface area contributed by atoms with E-state index in [0.717, 1.165) is 25.7 Å². The van der Waals surface area contributed by atoms with Gasteiger partial charge in [0, 0.05) is 11.3 Å². The summed E-state index contributed by atoms with van der Waals surface area (Å²) in [4.78, 5) is 0. The molecule has 0 saturated heterocycles. The summed E-state index contributed by atoms with van der Waals surface area (Å²) in [7, 11) is 0. The van der Waals surface area contributed by atoms with Crippen molar-refractivity contribution in [2.45, 2.75) is 113 Å². The summed E-state index contributed by atoms with van der Waals surface area (Å²) in [6.07, 6.45) is 14.8. The monoisotopic (exact) mass is 440 g/mol. The zero-order valence-corrected chi connectivity index (χ0v) is 22.0. The van der Waals surface area contributed by atoms with Gasteiger partial charge in [0.15, 0.2) is 0 Å². The third-order valence-electron chi connectivity index (χ3n) is 12.3. The van der Waals surface area contributed by atoms with Crippen molar-refractivity contribution in [2.75, 3.05) is 0 Å². The van der Waals surface area contributed by atoms with Crippen molar-refractivity contribution in [2.24, 2.45) is 50.2 Å². The molecule has 5 aliphatic rings. The molecule has 0 aromatic rings. The lowest BCUT2D eigenvalue weighted by atomic mass is 9.33.